The molecular formula is C31H31FN8O2. The molecule has 2 aromatic carbocycles. The highest BCUT2D eigenvalue weighted by molar-refractivity contribution is 5.99. The second-order valence-electron chi connectivity index (χ2n) is 10.6. The molecule has 0 aliphatic carbocycles. The second-order valence-corrected chi connectivity index (χ2v) is 10.6. The van der Waals surface area contributed by atoms with E-state index >= 15 is 4.39 Å². The number of hydrogen-bond donors (Lipinski definition) is 2. The summed E-state index contributed by atoms with van der Waals surface area (Å²) < 4.78 is 22.9. The first-order valence-electron chi connectivity index (χ1n) is 14.1. The van der Waals surface area contributed by atoms with E-state index in [-0.39, 0.29) is 34.8 Å². The van der Waals surface area contributed by atoms with Crippen LogP contribution in [0.3, 0.4) is 0 Å². The van der Waals surface area contributed by atoms with E-state index < -0.39 is 5.82 Å². The lowest BCUT2D eigenvalue weighted by molar-refractivity contribution is -0.127. The number of hydrogen-bond acceptors (Lipinski definition) is 8. The Balaban J connectivity index is 1.28. The van der Waals surface area contributed by atoms with E-state index in [4.69, 9.17) is 15.6 Å². The second kappa shape index (κ2) is 12.0. The summed E-state index contributed by atoms with van der Waals surface area (Å²) in [5, 5.41) is 18.3. The number of fused-ring (bicyclic) bond motifs is 1. The molecular weight excluding hydrogens is 535 g/mol. The summed E-state index contributed by atoms with van der Waals surface area (Å²) in [6, 6.07) is 15.6. The number of piperidine rings is 1. The Bertz CT molecular complexity index is 1670. The van der Waals surface area contributed by atoms with Crippen molar-refractivity contribution >= 4 is 22.8 Å². The molecule has 3 N–H and O–H groups in total. The third-order valence-corrected chi connectivity index (χ3v) is 7.84. The Hall–Kier alpha value is -4.82. The number of halogens is 1. The van der Waals surface area contributed by atoms with E-state index in [0.29, 0.717) is 41.3 Å². The van der Waals surface area contributed by atoms with Gasteiger partial charge >= 0.3 is 0 Å². The number of amides is 1. The maximum absolute atomic E-state index is 15.5. The predicted octanol–water partition coefficient (Wildman–Crippen LogP) is 4.45. The summed E-state index contributed by atoms with van der Waals surface area (Å²) in [4.78, 5) is 23.8. The van der Waals surface area contributed by atoms with Gasteiger partial charge in [0.05, 0.1) is 18.0 Å². The molecule has 4 heterocycles. The molecule has 2 aliphatic rings. The average molecular weight is 567 g/mol. The molecule has 0 spiro atoms. The molecule has 1 amide bonds. The van der Waals surface area contributed by atoms with Crippen LogP contribution >= 0.6 is 0 Å². The number of anilines is 1. The minimum Gasteiger partial charge on any atom is -0.457 e. The molecule has 2 atom stereocenters. The number of nitrogens with two attached hydrogens (primary N) is 1. The van der Waals surface area contributed by atoms with Gasteiger partial charge < -0.3 is 20.7 Å². The van der Waals surface area contributed by atoms with Gasteiger partial charge in [0.15, 0.2) is 5.65 Å². The Morgan fingerprint density at radius 1 is 1.17 bits per heavy atom. The third kappa shape index (κ3) is 5.53. The van der Waals surface area contributed by atoms with E-state index in [9.17, 15) is 10.1 Å². The summed E-state index contributed by atoms with van der Waals surface area (Å²) in [5.41, 5.74) is 7.42. The van der Waals surface area contributed by atoms with Crippen LogP contribution in [0.1, 0.15) is 25.7 Å². The van der Waals surface area contributed by atoms with Crippen molar-refractivity contribution in [3.05, 3.63) is 72.3 Å². The highest BCUT2D eigenvalue weighted by Crippen LogP contribution is 2.35. The normalized spacial score (nSPS) is 19.1. The maximum atomic E-state index is 15.5. The molecule has 0 bridgehead atoms. The van der Waals surface area contributed by atoms with Crippen molar-refractivity contribution < 1.29 is 13.9 Å². The molecule has 42 heavy (non-hydrogen) atoms. The molecule has 214 valence electrons. The fraction of sp³-hybridized carbons (Fsp3) is 0.323. The highest BCUT2D eigenvalue weighted by atomic mass is 19.1. The molecule has 2 aliphatic heterocycles. The molecule has 10 nitrogen and oxygen atoms in total. The van der Waals surface area contributed by atoms with Crippen LogP contribution in [0.15, 0.2) is 66.5 Å². The average Bonchev–Trinajstić information content (AvgIpc) is 3.62. The van der Waals surface area contributed by atoms with Crippen molar-refractivity contribution in [2.75, 3.05) is 25.4 Å². The summed E-state index contributed by atoms with van der Waals surface area (Å²) in [7, 11) is 0. The lowest BCUT2D eigenvalue weighted by Gasteiger charge is -2.25. The van der Waals surface area contributed by atoms with E-state index in [1.54, 1.807) is 33.8 Å². The number of rotatable bonds is 7. The minimum atomic E-state index is -0.531. The van der Waals surface area contributed by atoms with Crippen molar-refractivity contribution in [2.45, 2.75) is 38.3 Å². The van der Waals surface area contributed by atoms with Gasteiger partial charge in [-0.15, -0.1) is 0 Å². The largest absolute Gasteiger partial charge is 0.457 e. The number of carbonyl (C=O) groups is 1. The van der Waals surface area contributed by atoms with Crippen LogP contribution in [-0.2, 0) is 11.3 Å². The van der Waals surface area contributed by atoms with Crippen LogP contribution in [0.25, 0.3) is 22.3 Å². The van der Waals surface area contributed by atoms with Crippen LogP contribution in [0.5, 0.6) is 11.5 Å². The van der Waals surface area contributed by atoms with E-state index in [2.05, 4.69) is 21.4 Å². The van der Waals surface area contributed by atoms with Gasteiger partial charge in [0.25, 0.3) is 5.91 Å². The predicted molar refractivity (Wildman–Crippen MR) is 156 cm³/mol. The highest BCUT2D eigenvalue weighted by Gasteiger charge is 2.33. The van der Waals surface area contributed by atoms with Crippen LogP contribution in [0, 0.1) is 23.1 Å². The molecule has 2 saturated heterocycles. The van der Waals surface area contributed by atoms with Gasteiger partial charge in [-0.05, 0) is 62.4 Å². The molecule has 4 aromatic rings. The molecule has 11 heteroatoms. The Morgan fingerprint density at radius 3 is 2.79 bits per heavy atom. The SMILES string of the molecule is N#CC(=CC1CCCNC1)C(=O)N1CCCC1Cn1nc(-c2ccc(Oc3ccccc3)cc2F)c2c(N)ncnc21. The Labute approximate surface area is 242 Å². The smallest absolute Gasteiger partial charge is 0.264 e. The van der Waals surface area contributed by atoms with Gasteiger partial charge in [0.2, 0.25) is 0 Å². The van der Waals surface area contributed by atoms with Gasteiger partial charge in [-0.2, -0.15) is 10.4 Å². The molecule has 2 fully saturated rings. The number of benzene rings is 2. The van der Waals surface area contributed by atoms with E-state index in [0.717, 1.165) is 38.8 Å². The summed E-state index contributed by atoms with van der Waals surface area (Å²) in [5.74, 6) is 0.488. The van der Waals surface area contributed by atoms with Crippen molar-refractivity contribution in [3.63, 3.8) is 0 Å². The fourth-order valence-corrected chi connectivity index (χ4v) is 5.78. The zero-order valence-electron chi connectivity index (χ0n) is 23.0. The lowest BCUT2D eigenvalue weighted by Crippen LogP contribution is -2.39. The van der Waals surface area contributed by atoms with Gasteiger partial charge in [0, 0.05) is 24.7 Å². The number of carbonyl (C=O) groups excluding carboxylic acids is 1. The fourth-order valence-electron chi connectivity index (χ4n) is 5.78. The van der Waals surface area contributed by atoms with Gasteiger partial charge in [-0.1, -0.05) is 24.3 Å². The van der Waals surface area contributed by atoms with E-state index in [1.165, 1.54) is 12.4 Å². The number of likely N-dealkylation sites (tertiary alicyclic amines) is 1. The van der Waals surface area contributed by atoms with Crippen LogP contribution < -0.4 is 15.8 Å². The maximum Gasteiger partial charge on any atom is 0.264 e. The Kier molecular flexibility index (Phi) is 7.79. The van der Waals surface area contributed by atoms with Crippen LogP contribution in [-0.4, -0.2) is 56.2 Å². The van der Waals surface area contributed by atoms with Crippen molar-refractivity contribution in [2.24, 2.45) is 5.92 Å². The summed E-state index contributed by atoms with van der Waals surface area (Å²) in [6.45, 7) is 2.59. The van der Waals surface area contributed by atoms with Crippen molar-refractivity contribution in [1.29, 1.82) is 5.26 Å². The first-order chi connectivity index (χ1) is 20.5. The quantitative estimate of drug-likeness (QED) is 0.248. The zero-order chi connectivity index (χ0) is 29.1. The van der Waals surface area contributed by atoms with Gasteiger partial charge in [-0.3, -0.25) is 4.79 Å². The van der Waals surface area contributed by atoms with Crippen molar-refractivity contribution in [1.82, 2.24) is 30.0 Å². The van der Waals surface area contributed by atoms with Gasteiger partial charge in [0.1, 0.15) is 46.8 Å². The lowest BCUT2D eigenvalue weighted by atomic mass is 9.96. The van der Waals surface area contributed by atoms with Crippen molar-refractivity contribution in [3.8, 4) is 28.8 Å². The molecule has 2 unspecified atom stereocenters. The number of nitrogens with one attached hydrogen (secondary N) is 1. The Morgan fingerprint density at radius 2 is 2.02 bits per heavy atom. The number of para-hydroxylation sites is 1. The molecule has 6 rings (SSSR count). The zero-order valence-corrected chi connectivity index (χ0v) is 23.0. The van der Waals surface area contributed by atoms with E-state index in [1.807, 2.05) is 24.3 Å². The summed E-state index contributed by atoms with van der Waals surface area (Å²) >= 11 is 0. The molecule has 0 saturated carbocycles. The van der Waals surface area contributed by atoms with Crippen LogP contribution in [0.2, 0.25) is 0 Å². The third-order valence-electron chi connectivity index (χ3n) is 7.84. The first-order valence-corrected chi connectivity index (χ1v) is 14.1. The molecule has 0 radical (unpaired) electrons. The summed E-state index contributed by atoms with van der Waals surface area (Å²) in [6.07, 6.45) is 6.68. The monoisotopic (exact) mass is 566 g/mol. The number of ether oxygens (including phenoxy) is 1. The number of aromatic nitrogens is 4. The minimum absolute atomic E-state index is 0.162. The number of nitriles is 1. The molecule has 2 aromatic heterocycles. The van der Waals surface area contributed by atoms with Crippen LogP contribution in [0.4, 0.5) is 10.2 Å². The number of nitrogen functional groups attached to an aromatic ring is 1. The first kappa shape index (κ1) is 27.4. The van der Waals surface area contributed by atoms with Gasteiger partial charge in [-0.25, -0.2) is 19.0 Å². The topological polar surface area (TPSA) is 135 Å². The standard InChI is InChI=1S/C31H31FN8O2/c32-26-15-24(42-23-8-2-1-3-9-23)10-11-25(26)28-27-29(34)36-19-37-30(27)40(38-28)18-22-7-5-13-39(22)31(41)21(16-33)14-20-6-4-12-35-17-20/h1-3,8-11,14-15,19-20,22,35H,4-7,12-13,17-18H2,(H2,34,36,37). The number of nitrogens with zero attached hydrogens (tertiary/aromatic N) is 6.